The lowest BCUT2D eigenvalue weighted by Gasteiger charge is -2.31. The van der Waals surface area contributed by atoms with E-state index in [9.17, 15) is 4.79 Å². The lowest BCUT2D eigenvalue weighted by molar-refractivity contribution is -0.134. The first kappa shape index (κ1) is 20.6. The van der Waals surface area contributed by atoms with Crippen LogP contribution in [0.15, 0.2) is 73.2 Å². The Hall–Kier alpha value is -3.34. The summed E-state index contributed by atoms with van der Waals surface area (Å²) in [5, 5.41) is 8.17. The first-order valence-corrected chi connectivity index (χ1v) is 11.4. The number of nitrogens with one attached hydrogen (secondary N) is 1. The molecule has 1 atom stereocenters. The van der Waals surface area contributed by atoms with E-state index >= 15 is 0 Å². The van der Waals surface area contributed by atoms with Crippen LogP contribution in [0.4, 0.5) is 0 Å². The monoisotopic (exact) mass is 426 g/mol. The predicted molar refractivity (Wildman–Crippen MR) is 128 cm³/mol. The molecular weight excluding hydrogens is 396 g/mol. The maximum atomic E-state index is 13.1. The summed E-state index contributed by atoms with van der Waals surface area (Å²) in [6, 6.07) is 19.0. The number of amides is 1. The summed E-state index contributed by atoms with van der Waals surface area (Å²) < 4.78 is 2.34. The molecule has 1 saturated heterocycles. The number of carbonyl (C=O) groups excluding carboxylic acids is 1. The van der Waals surface area contributed by atoms with Crippen LogP contribution in [0.25, 0.3) is 22.0 Å². The van der Waals surface area contributed by atoms with Gasteiger partial charge in [0, 0.05) is 53.9 Å². The minimum atomic E-state index is -0.101. The maximum absolute atomic E-state index is 13.1. The number of aryl methyl sites for hydroxylation is 1. The number of aromatic amines is 1. The van der Waals surface area contributed by atoms with Crippen molar-refractivity contribution in [2.75, 3.05) is 6.54 Å². The zero-order valence-electron chi connectivity index (χ0n) is 18.8. The van der Waals surface area contributed by atoms with Crippen molar-refractivity contribution in [1.82, 2.24) is 19.7 Å². The Morgan fingerprint density at radius 1 is 1.12 bits per heavy atom. The first-order valence-electron chi connectivity index (χ1n) is 11.4. The molecule has 1 amide bonds. The Morgan fingerprint density at radius 2 is 1.97 bits per heavy atom. The number of fused-ring (bicyclic) bond motifs is 1. The van der Waals surface area contributed by atoms with Gasteiger partial charge in [-0.25, -0.2) is 0 Å². The molecule has 2 aromatic heterocycles. The average Bonchev–Trinajstić information content (AvgIpc) is 3.52. The van der Waals surface area contributed by atoms with Crippen molar-refractivity contribution in [3.63, 3.8) is 0 Å². The largest absolute Gasteiger partial charge is 0.347 e. The van der Waals surface area contributed by atoms with Crippen molar-refractivity contribution in [3.8, 4) is 11.1 Å². The molecule has 1 fully saturated rings. The minimum absolute atomic E-state index is 0.101. The van der Waals surface area contributed by atoms with E-state index < -0.39 is 0 Å². The molecule has 1 N–H and O–H groups in total. The van der Waals surface area contributed by atoms with E-state index in [1.54, 1.807) is 0 Å². The normalized spacial score (nSPS) is 17.8. The summed E-state index contributed by atoms with van der Waals surface area (Å²) >= 11 is 0. The molecule has 0 saturated carbocycles. The van der Waals surface area contributed by atoms with E-state index in [2.05, 4.69) is 76.1 Å². The molecule has 2 aromatic carbocycles. The van der Waals surface area contributed by atoms with E-state index in [0.717, 1.165) is 31.5 Å². The summed E-state index contributed by atoms with van der Waals surface area (Å²) in [6.45, 7) is 6.17. The summed E-state index contributed by atoms with van der Waals surface area (Å²) in [7, 11) is 0. The lowest BCUT2D eigenvalue weighted by Crippen LogP contribution is -2.42. The molecule has 5 rings (SSSR count). The Bertz CT molecular complexity index is 1210. The highest BCUT2D eigenvalue weighted by atomic mass is 16.2. The Kier molecular flexibility index (Phi) is 5.33. The van der Waals surface area contributed by atoms with Crippen molar-refractivity contribution in [2.45, 2.75) is 45.2 Å². The maximum Gasteiger partial charge on any atom is 0.223 e. The third kappa shape index (κ3) is 4.07. The van der Waals surface area contributed by atoms with Gasteiger partial charge in [0.2, 0.25) is 5.91 Å². The van der Waals surface area contributed by atoms with E-state index in [1.165, 1.54) is 22.0 Å². The smallest absolute Gasteiger partial charge is 0.223 e. The topological polar surface area (TPSA) is 53.9 Å². The van der Waals surface area contributed by atoms with Crippen molar-refractivity contribution < 1.29 is 4.79 Å². The van der Waals surface area contributed by atoms with Gasteiger partial charge in [0.1, 0.15) is 0 Å². The third-order valence-corrected chi connectivity index (χ3v) is 6.79. The van der Waals surface area contributed by atoms with Crippen LogP contribution < -0.4 is 0 Å². The summed E-state index contributed by atoms with van der Waals surface area (Å²) in [4.78, 5) is 15.2. The van der Waals surface area contributed by atoms with Gasteiger partial charge < -0.3 is 9.47 Å². The molecule has 4 aromatic rings. The number of benzene rings is 2. The number of nitrogens with zero attached hydrogens (tertiary/aromatic N) is 3. The van der Waals surface area contributed by atoms with Gasteiger partial charge in [-0.3, -0.25) is 9.89 Å². The highest BCUT2D eigenvalue weighted by Gasteiger charge is 2.40. The Balaban J connectivity index is 1.27. The Morgan fingerprint density at radius 3 is 2.75 bits per heavy atom. The second-order valence-electron chi connectivity index (χ2n) is 9.60. The second kappa shape index (κ2) is 8.30. The first-order chi connectivity index (χ1) is 15.5. The summed E-state index contributed by atoms with van der Waals surface area (Å²) in [5.74, 6) is 0.721. The third-order valence-electron chi connectivity index (χ3n) is 6.79. The number of carbonyl (C=O) groups is 1. The van der Waals surface area contributed by atoms with E-state index in [-0.39, 0.29) is 11.4 Å². The van der Waals surface area contributed by atoms with Gasteiger partial charge in [-0.1, -0.05) is 36.4 Å². The van der Waals surface area contributed by atoms with Crippen LogP contribution in [0.3, 0.4) is 0 Å². The van der Waals surface area contributed by atoms with Crippen LogP contribution in [-0.2, 0) is 17.8 Å². The van der Waals surface area contributed by atoms with Crippen molar-refractivity contribution in [3.05, 3.63) is 78.8 Å². The molecule has 1 aliphatic heterocycles. The van der Waals surface area contributed by atoms with Gasteiger partial charge in [0.05, 0.1) is 6.20 Å². The van der Waals surface area contributed by atoms with Gasteiger partial charge in [0.15, 0.2) is 0 Å². The van der Waals surface area contributed by atoms with Crippen LogP contribution in [0.5, 0.6) is 0 Å². The van der Waals surface area contributed by atoms with Crippen LogP contribution in [0.1, 0.15) is 32.3 Å². The van der Waals surface area contributed by atoms with Gasteiger partial charge in [-0.05, 0) is 61.9 Å². The van der Waals surface area contributed by atoms with Gasteiger partial charge in [-0.15, -0.1) is 0 Å². The standard InChI is InChI=1S/C27H30N4O/c1-27(2)15-21(19-31(27)26(32)11-8-20-6-4-3-5-7-20)18-30-13-12-23-14-22(9-10-25(23)30)24-16-28-29-17-24/h3-7,9-10,12-14,16-17,21H,8,11,15,18-19H2,1-2H3,(H,28,29). The van der Waals surface area contributed by atoms with E-state index in [4.69, 9.17) is 0 Å². The van der Waals surface area contributed by atoms with Gasteiger partial charge >= 0.3 is 0 Å². The molecule has 0 aliphatic carbocycles. The van der Waals surface area contributed by atoms with E-state index in [1.807, 2.05) is 30.6 Å². The molecule has 5 heteroatoms. The zero-order valence-corrected chi connectivity index (χ0v) is 18.8. The predicted octanol–water partition coefficient (Wildman–Crippen LogP) is 5.29. The number of likely N-dealkylation sites (tertiary alicyclic amines) is 1. The zero-order chi connectivity index (χ0) is 22.1. The number of H-pyrrole nitrogens is 1. The molecule has 5 nitrogen and oxygen atoms in total. The van der Waals surface area contributed by atoms with Crippen molar-refractivity contribution >= 4 is 16.8 Å². The Labute approximate surface area is 189 Å². The quantitative estimate of drug-likeness (QED) is 0.455. The van der Waals surface area contributed by atoms with E-state index in [0.29, 0.717) is 12.3 Å². The molecule has 1 aliphatic rings. The number of hydrogen-bond donors (Lipinski definition) is 1. The van der Waals surface area contributed by atoms with Crippen LogP contribution in [0.2, 0.25) is 0 Å². The number of aromatic nitrogens is 3. The van der Waals surface area contributed by atoms with Crippen LogP contribution in [0, 0.1) is 5.92 Å². The molecule has 1 unspecified atom stereocenters. The minimum Gasteiger partial charge on any atom is -0.347 e. The second-order valence-corrected chi connectivity index (χ2v) is 9.60. The average molecular weight is 427 g/mol. The molecule has 0 radical (unpaired) electrons. The fourth-order valence-corrected chi connectivity index (χ4v) is 5.20. The molecule has 0 bridgehead atoms. The van der Waals surface area contributed by atoms with Gasteiger partial charge in [0.25, 0.3) is 0 Å². The highest BCUT2D eigenvalue weighted by Crippen LogP contribution is 2.35. The van der Waals surface area contributed by atoms with Gasteiger partial charge in [-0.2, -0.15) is 5.10 Å². The SMILES string of the molecule is CC1(C)CC(Cn2ccc3cc(-c4cn[nH]c4)ccc32)CN1C(=O)CCc1ccccc1. The fourth-order valence-electron chi connectivity index (χ4n) is 5.20. The highest BCUT2D eigenvalue weighted by molar-refractivity contribution is 5.85. The van der Waals surface area contributed by atoms with Crippen molar-refractivity contribution in [1.29, 1.82) is 0 Å². The molecule has 32 heavy (non-hydrogen) atoms. The number of rotatable bonds is 6. The van der Waals surface area contributed by atoms with Crippen LogP contribution >= 0.6 is 0 Å². The summed E-state index contributed by atoms with van der Waals surface area (Å²) in [6.07, 6.45) is 8.35. The molecular formula is C27H30N4O. The fraction of sp³-hybridized carbons (Fsp3) is 0.333. The molecule has 164 valence electrons. The van der Waals surface area contributed by atoms with Crippen LogP contribution in [-0.4, -0.2) is 37.7 Å². The number of hydrogen-bond acceptors (Lipinski definition) is 2. The lowest BCUT2D eigenvalue weighted by atomic mass is 9.96. The van der Waals surface area contributed by atoms with Crippen molar-refractivity contribution in [2.24, 2.45) is 5.92 Å². The molecule has 3 heterocycles. The summed E-state index contributed by atoms with van der Waals surface area (Å²) in [5.41, 5.74) is 4.63. The molecule has 0 spiro atoms.